The predicted octanol–water partition coefficient (Wildman–Crippen LogP) is 1.68. The Hall–Kier alpha value is -1.93. The van der Waals surface area contributed by atoms with Gasteiger partial charge in [0.2, 0.25) is 0 Å². The Kier molecular flexibility index (Phi) is 3.30. The van der Waals surface area contributed by atoms with Gasteiger partial charge in [0.05, 0.1) is 23.1 Å². The highest BCUT2D eigenvalue weighted by Crippen LogP contribution is 2.29. The molecular formula is C10H9F3N4O. The molecule has 0 unspecified atom stereocenters. The van der Waals surface area contributed by atoms with E-state index in [4.69, 9.17) is 5.90 Å². The summed E-state index contributed by atoms with van der Waals surface area (Å²) in [6.07, 6.45) is -2.94. The van der Waals surface area contributed by atoms with E-state index in [1.54, 1.807) is 0 Å². The van der Waals surface area contributed by atoms with E-state index in [0.717, 1.165) is 12.1 Å². The first-order chi connectivity index (χ1) is 8.52. The third-order valence-electron chi connectivity index (χ3n) is 2.29. The van der Waals surface area contributed by atoms with Crippen LogP contribution in [0.5, 0.6) is 0 Å². The third-order valence-corrected chi connectivity index (χ3v) is 2.29. The highest BCUT2D eigenvalue weighted by Gasteiger charge is 2.30. The molecule has 0 saturated heterocycles. The van der Waals surface area contributed by atoms with Gasteiger partial charge >= 0.3 is 6.18 Å². The van der Waals surface area contributed by atoms with Crippen LogP contribution in [0.2, 0.25) is 0 Å². The first-order valence-corrected chi connectivity index (χ1v) is 4.91. The Morgan fingerprint density at radius 1 is 1.22 bits per heavy atom. The van der Waals surface area contributed by atoms with Crippen LogP contribution in [0.1, 0.15) is 11.3 Å². The van der Waals surface area contributed by atoms with E-state index < -0.39 is 11.7 Å². The number of alkyl halides is 3. The van der Waals surface area contributed by atoms with Gasteiger partial charge in [-0.15, -0.1) is 5.10 Å². The van der Waals surface area contributed by atoms with E-state index in [2.05, 4.69) is 15.1 Å². The third kappa shape index (κ3) is 2.49. The van der Waals surface area contributed by atoms with E-state index in [1.807, 2.05) is 0 Å². The monoisotopic (exact) mass is 258 g/mol. The minimum atomic E-state index is -4.36. The molecule has 0 bridgehead atoms. The van der Waals surface area contributed by atoms with Crippen molar-refractivity contribution in [3.63, 3.8) is 0 Å². The molecule has 5 nitrogen and oxygen atoms in total. The summed E-state index contributed by atoms with van der Waals surface area (Å²) in [6.45, 7) is 0.0635. The second kappa shape index (κ2) is 4.75. The van der Waals surface area contributed by atoms with Crippen LogP contribution >= 0.6 is 0 Å². The average molecular weight is 258 g/mol. The second-order valence-electron chi connectivity index (χ2n) is 3.49. The van der Waals surface area contributed by atoms with Crippen molar-refractivity contribution in [2.45, 2.75) is 12.8 Å². The Morgan fingerprint density at radius 2 is 1.89 bits per heavy atom. The van der Waals surface area contributed by atoms with Gasteiger partial charge in [0.1, 0.15) is 6.61 Å². The molecular weight excluding hydrogens is 249 g/mol. The standard InChI is InChI=1S/C10H9F3N4O/c11-10(12,13)7-1-3-8(4-2-7)17-9(6-18-14)5-15-16-17/h1-5H,6,14H2. The summed E-state index contributed by atoms with van der Waals surface area (Å²) in [6, 6.07) is 4.56. The molecule has 8 heteroatoms. The van der Waals surface area contributed by atoms with Gasteiger partial charge in [0, 0.05) is 0 Å². The molecule has 0 radical (unpaired) electrons. The summed E-state index contributed by atoms with van der Waals surface area (Å²) < 4.78 is 38.5. The zero-order valence-electron chi connectivity index (χ0n) is 9.05. The molecule has 96 valence electrons. The molecule has 0 saturated carbocycles. The lowest BCUT2D eigenvalue weighted by Crippen LogP contribution is -2.08. The van der Waals surface area contributed by atoms with Gasteiger partial charge < -0.3 is 0 Å². The molecule has 0 aliphatic rings. The number of rotatable bonds is 3. The van der Waals surface area contributed by atoms with Crippen molar-refractivity contribution in [1.29, 1.82) is 0 Å². The Labute approximate surface area is 99.9 Å². The van der Waals surface area contributed by atoms with Gasteiger partial charge in [0.25, 0.3) is 0 Å². The maximum Gasteiger partial charge on any atom is 0.416 e. The van der Waals surface area contributed by atoms with E-state index in [-0.39, 0.29) is 6.61 Å². The largest absolute Gasteiger partial charge is 0.416 e. The first kappa shape index (κ1) is 12.5. The summed E-state index contributed by atoms with van der Waals surface area (Å²) in [5.74, 6) is 4.93. The Bertz CT molecular complexity index is 521. The summed E-state index contributed by atoms with van der Waals surface area (Å²) in [5, 5.41) is 7.39. The predicted molar refractivity (Wildman–Crippen MR) is 55.3 cm³/mol. The van der Waals surface area contributed by atoms with Crippen LogP contribution in [0.15, 0.2) is 30.5 Å². The summed E-state index contributed by atoms with van der Waals surface area (Å²) in [4.78, 5) is 4.45. The molecule has 2 aromatic rings. The fourth-order valence-electron chi connectivity index (χ4n) is 1.45. The van der Waals surface area contributed by atoms with E-state index in [1.165, 1.54) is 23.0 Å². The Morgan fingerprint density at radius 3 is 2.44 bits per heavy atom. The number of hydrogen-bond acceptors (Lipinski definition) is 4. The number of benzene rings is 1. The maximum atomic E-state index is 12.4. The van der Waals surface area contributed by atoms with Crippen molar-refractivity contribution in [2.75, 3.05) is 0 Å². The van der Waals surface area contributed by atoms with E-state index in [0.29, 0.717) is 11.4 Å². The summed E-state index contributed by atoms with van der Waals surface area (Å²) in [7, 11) is 0. The van der Waals surface area contributed by atoms with Gasteiger partial charge in [-0.1, -0.05) is 5.21 Å². The number of hydrogen-bond donors (Lipinski definition) is 1. The highest BCUT2D eigenvalue weighted by atomic mass is 19.4. The molecule has 2 rings (SSSR count). The van der Waals surface area contributed by atoms with Crippen LogP contribution in [0.4, 0.5) is 13.2 Å². The SMILES string of the molecule is NOCc1cnnn1-c1ccc(C(F)(F)F)cc1. The van der Waals surface area contributed by atoms with Gasteiger partial charge in [-0.2, -0.15) is 13.2 Å². The zero-order valence-corrected chi connectivity index (χ0v) is 9.05. The fraction of sp³-hybridized carbons (Fsp3) is 0.200. The van der Waals surface area contributed by atoms with Crippen molar-refractivity contribution in [1.82, 2.24) is 15.0 Å². The molecule has 18 heavy (non-hydrogen) atoms. The van der Waals surface area contributed by atoms with Gasteiger partial charge in [-0.3, -0.25) is 4.84 Å². The van der Waals surface area contributed by atoms with Crippen LogP contribution in [-0.4, -0.2) is 15.0 Å². The lowest BCUT2D eigenvalue weighted by Gasteiger charge is -2.08. The van der Waals surface area contributed by atoms with Crippen LogP contribution < -0.4 is 5.90 Å². The molecule has 1 aromatic carbocycles. The van der Waals surface area contributed by atoms with Crippen molar-refractivity contribution >= 4 is 0 Å². The molecule has 0 aliphatic heterocycles. The lowest BCUT2D eigenvalue weighted by molar-refractivity contribution is -0.137. The molecule has 0 fully saturated rings. The van der Waals surface area contributed by atoms with E-state index >= 15 is 0 Å². The second-order valence-corrected chi connectivity index (χ2v) is 3.49. The van der Waals surface area contributed by atoms with Gasteiger partial charge in [0.15, 0.2) is 0 Å². The summed E-state index contributed by atoms with van der Waals surface area (Å²) >= 11 is 0. The van der Waals surface area contributed by atoms with Crippen LogP contribution in [-0.2, 0) is 17.6 Å². The highest BCUT2D eigenvalue weighted by molar-refractivity contribution is 5.35. The quantitative estimate of drug-likeness (QED) is 0.850. The first-order valence-electron chi connectivity index (χ1n) is 4.91. The topological polar surface area (TPSA) is 66.0 Å². The zero-order chi connectivity index (χ0) is 13.2. The normalized spacial score (nSPS) is 11.8. The maximum absolute atomic E-state index is 12.4. The molecule has 0 spiro atoms. The lowest BCUT2D eigenvalue weighted by atomic mass is 10.2. The van der Waals surface area contributed by atoms with Crippen molar-refractivity contribution < 1.29 is 18.0 Å². The minimum absolute atomic E-state index is 0.0635. The number of halogens is 3. The van der Waals surface area contributed by atoms with Crippen LogP contribution in [0, 0.1) is 0 Å². The minimum Gasteiger partial charge on any atom is -0.298 e. The van der Waals surface area contributed by atoms with Crippen molar-refractivity contribution in [3.8, 4) is 5.69 Å². The van der Waals surface area contributed by atoms with Crippen LogP contribution in [0.3, 0.4) is 0 Å². The molecule has 1 aromatic heterocycles. The molecule has 0 aliphatic carbocycles. The van der Waals surface area contributed by atoms with Gasteiger partial charge in [-0.25, -0.2) is 10.6 Å². The summed E-state index contributed by atoms with van der Waals surface area (Å²) in [5.41, 5.74) is 0.271. The smallest absolute Gasteiger partial charge is 0.298 e. The van der Waals surface area contributed by atoms with Crippen molar-refractivity contribution in [3.05, 3.63) is 41.7 Å². The number of nitrogens with two attached hydrogens (primary N) is 1. The number of nitrogens with zero attached hydrogens (tertiary/aromatic N) is 3. The molecule has 0 amide bonds. The number of aromatic nitrogens is 3. The molecule has 2 N–H and O–H groups in total. The van der Waals surface area contributed by atoms with Crippen molar-refractivity contribution in [2.24, 2.45) is 5.90 Å². The molecule has 0 atom stereocenters. The van der Waals surface area contributed by atoms with Gasteiger partial charge in [-0.05, 0) is 24.3 Å². The molecule has 1 heterocycles. The van der Waals surface area contributed by atoms with E-state index in [9.17, 15) is 13.2 Å². The Balaban J connectivity index is 2.32. The average Bonchev–Trinajstić information content (AvgIpc) is 2.77. The van der Waals surface area contributed by atoms with Crippen LogP contribution in [0.25, 0.3) is 5.69 Å². The fourth-order valence-corrected chi connectivity index (χ4v) is 1.45.